The summed E-state index contributed by atoms with van der Waals surface area (Å²) in [5.74, 6) is -1.96. The maximum atomic E-state index is 13.0. The molecule has 0 radical (unpaired) electrons. The van der Waals surface area contributed by atoms with E-state index >= 15 is 0 Å². The average molecular weight is 476 g/mol. The number of sulfone groups is 1. The van der Waals surface area contributed by atoms with Crippen LogP contribution in [0.3, 0.4) is 0 Å². The SMILES string of the molecule is CC(C)(C)OC(=O)CC[C@H](NC(=O)OCC1=Cc2ccc3ccccc3c2S1(=O)=O)C(=O)O. The van der Waals surface area contributed by atoms with E-state index in [9.17, 15) is 27.9 Å². The van der Waals surface area contributed by atoms with Crippen molar-refractivity contribution in [3.8, 4) is 0 Å². The van der Waals surface area contributed by atoms with Gasteiger partial charge in [0.05, 0.1) is 9.80 Å². The lowest BCUT2D eigenvalue weighted by atomic mass is 10.1. The van der Waals surface area contributed by atoms with Crippen LogP contribution in [0.2, 0.25) is 0 Å². The Morgan fingerprint density at radius 1 is 1.09 bits per heavy atom. The number of nitrogens with one attached hydrogen (secondary N) is 1. The summed E-state index contributed by atoms with van der Waals surface area (Å²) in [6.07, 6.45) is -0.112. The second-order valence-electron chi connectivity index (χ2n) is 8.56. The zero-order chi connectivity index (χ0) is 24.4. The molecule has 9 nitrogen and oxygen atoms in total. The first-order valence-electron chi connectivity index (χ1n) is 10.2. The highest BCUT2D eigenvalue weighted by atomic mass is 32.2. The number of aliphatic carboxylic acids is 1. The molecule has 0 aromatic heterocycles. The molecule has 1 aliphatic heterocycles. The summed E-state index contributed by atoms with van der Waals surface area (Å²) in [6.45, 7) is 4.49. The molecule has 1 atom stereocenters. The molecule has 0 bridgehead atoms. The van der Waals surface area contributed by atoms with Crippen molar-refractivity contribution in [1.82, 2.24) is 5.32 Å². The minimum atomic E-state index is -3.87. The van der Waals surface area contributed by atoms with Crippen LogP contribution in [0.4, 0.5) is 4.79 Å². The molecule has 0 unspecified atom stereocenters. The Balaban J connectivity index is 1.62. The summed E-state index contributed by atoms with van der Waals surface area (Å²) in [7, 11) is -3.87. The minimum Gasteiger partial charge on any atom is -0.480 e. The fraction of sp³-hybridized carbons (Fsp3) is 0.348. The number of hydrogen-bond acceptors (Lipinski definition) is 7. The number of fused-ring (bicyclic) bond motifs is 3. The van der Waals surface area contributed by atoms with Gasteiger partial charge in [-0.25, -0.2) is 18.0 Å². The second kappa shape index (κ2) is 9.22. The Morgan fingerprint density at radius 3 is 2.45 bits per heavy atom. The topological polar surface area (TPSA) is 136 Å². The highest BCUT2D eigenvalue weighted by molar-refractivity contribution is 7.96. The second-order valence-corrected chi connectivity index (χ2v) is 10.5. The van der Waals surface area contributed by atoms with Gasteiger partial charge in [-0.15, -0.1) is 0 Å². The van der Waals surface area contributed by atoms with Gasteiger partial charge in [0.15, 0.2) is 0 Å². The predicted octanol–water partition coefficient (Wildman–Crippen LogP) is 3.27. The minimum absolute atomic E-state index is 0.107. The van der Waals surface area contributed by atoms with Crippen molar-refractivity contribution >= 4 is 44.7 Å². The number of ether oxygens (including phenoxy) is 2. The lowest BCUT2D eigenvalue weighted by molar-refractivity contribution is -0.155. The number of carboxylic acids is 1. The molecule has 10 heteroatoms. The van der Waals surface area contributed by atoms with Crippen molar-refractivity contribution in [3.63, 3.8) is 0 Å². The number of hydrogen-bond donors (Lipinski definition) is 2. The van der Waals surface area contributed by atoms with Crippen LogP contribution < -0.4 is 5.32 Å². The summed E-state index contributed by atoms with van der Waals surface area (Å²) in [5.41, 5.74) is -0.223. The van der Waals surface area contributed by atoms with Gasteiger partial charge in [-0.1, -0.05) is 36.4 Å². The fourth-order valence-corrected chi connectivity index (χ4v) is 5.08. The van der Waals surface area contributed by atoms with Gasteiger partial charge in [0.25, 0.3) is 0 Å². The number of benzene rings is 2. The molecule has 0 saturated carbocycles. The van der Waals surface area contributed by atoms with Crippen molar-refractivity contribution in [2.75, 3.05) is 6.61 Å². The van der Waals surface area contributed by atoms with E-state index < -0.39 is 46.1 Å². The first-order valence-corrected chi connectivity index (χ1v) is 11.7. The Morgan fingerprint density at radius 2 is 1.79 bits per heavy atom. The first kappa shape index (κ1) is 24.2. The molecule has 3 rings (SSSR count). The molecule has 0 aliphatic carbocycles. The smallest absolute Gasteiger partial charge is 0.408 e. The molecule has 0 fully saturated rings. The Labute approximate surface area is 191 Å². The summed E-state index contributed by atoms with van der Waals surface area (Å²) < 4.78 is 36.1. The van der Waals surface area contributed by atoms with Crippen molar-refractivity contribution in [2.45, 2.75) is 50.2 Å². The van der Waals surface area contributed by atoms with Crippen molar-refractivity contribution < 1.29 is 37.4 Å². The summed E-state index contributed by atoms with van der Waals surface area (Å²) in [5, 5.41) is 12.8. The lowest BCUT2D eigenvalue weighted by Crippen LogP contribution is -2.41. The van der Waals surface area contributed by atoms with Crippen LogP contribution in [-0.4, -0.2) is 49.8 Å². The Kier molecular flexibility index (Phi) is 6.78. The molecule has 2 aromatic carbocycles. The van der Waals surface area contributed by atoms with E-state index in [2.05, 4.69) is 5.32 Å². The molecule has 2 aromatic rings. The van der Waals surface area contributed by atoms with E-state index in [-0.39, 0.29) is 22.6 Å². The van der Waals surface area contributed by atoms with Gasteiger partial charge in [0, 0.05) is 11.8 Å². The van der Waals surface area contributed by atoms with Crippen LogP contribution >= 0.6 is 0 Å². The predicted molar refractivity (Wildman–Crippen MR) is 120 cm³/mol. The number of carboxylic acid groups (broad SMARTS) is 1. The van der Waals surface area contributed by atoms with Gasteiger partial charge in [-0.3, -0.25) is 4.79 Å². The Hall–Kier alpha value is -3.40. The van der Waals surface area contributed by atoms with Crippen molar-refractivity contribution in [1.29, 1.82) is 0 Å². The third kappa shape index (κ3) is 5.70. The average Bonchev–Trinajstić information content (AvgIpc) is 2.98. The highest BCUT2D eigenvalue weighted by Gasteiger charge is 2.32. The molecule has 33 heavy (non-hydrogen) atoms. The lowest BCUT2D eigenvalue weighted by Gasteiger charge is -2.20. The highest BCUT2D eigenvalue weighted by Crippen LogP contribution is 2.38. The largest absolute Gasteiger partial charge is 0.480 e. The van der Waals surface area contributed by atoms with Crippen LogP contribution in [0, 0.1) is 0 Å². The molecule has 0 saturated heterocycles. The number of rotatable bonds is 7. The molecule has 0 spiro atoms. The number of carbonyl (C=O) groups is 3. The number of alkyl carbamates (subject to hydrolysis) is 1. The van der Waals surface area contributed by atoms with Gasteiger partial charge in [0.1, 0.15) is 18.2 Å². The first-order chi connectivity index (χ1) is 15.4. The Bertz CT molecular complexity index is 1240. The van der Waals surface area contributed by atoms with E-state index in [4.69, 9.17) is 9.47 Å². The van der Waals surface area contributed by atoms with Crippen LogP contribution in [0.1, 0.15) is 39.2 Å². The van der Waals surface area contributed by atoms with E-state index in [1.807, 2.05) is 0 Å². The molecular formula is C23H25NO8S. The van der Waals surface area contributed by atoms with Crippen LogP contribution in [0.5, 0.6) is 0 Å². The number of carbonyl (C=O) groups excluding carboxylic acids is 2. The monoisotopic (exact) mass is 475 g/mol. The third-order valence-corrected chi connectivity index (χ3v) is 6.75. The van der Waals surface area contributed by atoms with Crippen LogP contribution in [0.15, 0.2) is 46.2 Å². The van der Waals surface area contributed by atoms with Gasteiger partial charge in [-0.05, 0) is 44.2 Å². The molecule has 176 valence electrons. The van der Waals surface area contributed by atoms with Crippen molar-refractivity contribution in [3.05, 3.63) is 46.9 Å². The van der Waals surface area contributed by atoms with E-state index in [0.717, 1.165) is 5.39 Å². The van der Waals surface area contributed by atoms with E-state index in [1.165, 1.54) is 6.08 Å². The van der Waals surface area contributed by atoms with Gasteiger partial charge < -0.3 is 19.9 Å². The van der Waals surface area contributed by atoms with Crippen molar-refractivity contribution in [2.24, 2.45) is 0 Å². The van der Waals surface area contributed by atoms with E-state index in [1.54, 1.807) is 57.2 Å². The zero-order valence-electron chi connectivity index (χ0n) is 18.5. The standard InChI is InChI=1S/C23H25NO8S/c1-23(2,3)32-19(25)11-10-18(21(26)27)24-22(28)31-13-16-12-15-9-8-14-6-4-5-7-17(14)20(15)33(16,29)30/h4-9,12,18H,10-11,13H2,1-3H3,(H,24,28)(H,26,27)/t18-/m0/s1. The molecule has 1 aliphatic rings. The number of esters is 1. The third-order valence-electron chi connectivity index (χ3n) is 4.83. The molecule has 1 heterocycles. The summed E-state index contributed by atoms with van der Waals surface area (Å²) >= 11 is 0. The van der Waals surface area contributed by atoms with Crippen LogP contribution in [-0.2, 0) is 28.9 Å². The van der Waals surface area contributed by atoms with Gasteiger partial charge in [-0.2, -0.15) is 0 Å². The quantitative estimate of drug-likeness (QED) is 0.583. The zero-order valence-corrected chi connectivity index (χ0v) is 19.3. The summed E-state index contributed by atoms with van der Waals surface area (Å²) in [4.78, 5) is 35.4. The maximum Gasteiger partial charge on any atom is 0.408 e. The molecular weight excluding hydrogens is 450 g/mol. The molecule has 2 N–H and O–H groups in total. The summed E-state index contributed by atoms with van der Waals surface area (Å²) in [6, 6.07) is 9.14. The van der Waals surface area contributed by atoms with E-state index in [0.29, 0.717) is 10.9 Å². The number of amides is 1. The maximum absolute atomic E-state index is 13.0. The van der Waals surface area contributed by atoms with Gasteiger partial charge in [0.2, 0.25) is 9.84 Å². The molecule has 1 amide bonds. The van der Waals surface area contributed by atoms with Gasteiger partial charge >= 0.3 is 18.0 Å². The fourth-order valence-electron chi connectivity index (χ4n) is 3.41. The normalized spacial score (nSPS) is 15.3. The van der Waals surface area contributed by atoms with Crippen LogP contribution in [0.25, 0.3) is 16.8 Å².